The van der Waals surface area contributed by atoms with Crippen LogP contribution < -0.4 is 4.74 Å². The zero-order valence-corrected chi connectivity index (χ0v) is 13.3. The van der Waals surface area contributed by atoms with E-state index in [9.17, 15) is 4.79 Å². The molecule has 0 aliphatic heterocycles. The molecule has 0 bridgehead atoms. The van der Waals surface area contributed by atoms with Gasteiger partial charge in [-0.15, -0.1) is 0 Å². The van der Waals surface area contributed by atoms with E-state index in [1.54, 1.807) is 6.92 Å². The minimum Gasteiger partial charge on any atom is -0.494 e. The fourth-order valence-electron chi connectivity index (χ4n) is 2.11. The van der Waals surface area contributed by atoms with E-state index in [1.807, 2.05) is 30.3 Å². The standard InChI is InChI=1S/C17H27NO3/c1-14(2)18(13-15(3)17(19)20)11-7-8-12-21-16-9-5-4-6-10-16/h4-6,9-10,14-15H,7-8,11-13H2,1-3H3,(H,19,20). The van der Waals surface area contributed by atoms with Gasteiger partial charge in [-0.1, -0.05) is 25.1 Å². The van der Waals surface area contributed by atoms with Gasteiger partial charge in [0.1, 0.15) is 5.75 Å². The van der Waals surface area contributed by atoms with Crippen LogP contribution in [0.1, 0.15) is 33.6 Å². The van der Waals surface area contributed by atoms with Crippen LogP contribution in [-0.2, 0) is 4.79 Å². The van der Waals surface area contributed by atoms with Gasteiger partial charge in [0.2, 0.25) is 0 Å². The van der Waals surface area contributed by atoms with Crippen LogP contribution in [-0.4, -0.2) is 41.7 Å². The Hall–Kier alpha value is -1.55. The molecule has 0 amide bonds. The zero-order valence-electron chi connectivity index (χ0n) is 13.3. The first kappa shape index (κ1) is 17.5. The molecule has 4 nitrogen and oxygen atoms in total. The van der Waals surface area contributed by atoms with Crippen molar-refractivity contribution in [2.75, 3.05) is 19.7 Å². The molecule has 4 heteroatoms. The Bertz CT molecular complexity index is 406. The molecule has 0 spiro atoms. The number of nitrogens with zero attached hydrogens (tertiary/aromatic N) is 1. The third kappa shape index (κ3) is 7.14. The zero-order chi connectivity index (χ0) is 15.7. The van der Waals surface area contributed by atoms with E-state index in [0.717, 1.165) is 25.1 Å². The van der Waals surface area contributed by atoms with Gasteiger partial charge < -0.3 is 14.7 Å². The number of ether oxygens (including phenoxy) is 1. The Labute approximate surface area is 127 Å². The summed E-state index contributed by atoms with van der Waals surface area (Å²) in [5.74, 6) is -0.154. The Kier molecular flexibility index (Phi) is 7.83. The quantitative estimate of drug-likeness (QED) is 0.673. The second kappa shape index (κ2) is 9.40. The molecule has 0 saturated carbocycles. The summed E-state index contributed by atoms with van der Waals surface area (Å²) in [6, 6.07) is 10.2. The van der Waals surface area contributed by atoms with Crippen LogP contribution in [0.5, 0.6) is 5.75 Å². The van der Waals surface area contributed by atoms with Gasteiger partial charge in [0.05, 0.1) is 12.5 Å². The number of hydrogen-bond acceptors (Lipinski definition) is 3. The Morgan fingerprint density at radius 3 is 2.43 bits per heavy atom. The van der Waals surface area contributed by atoms with Gasteiger partial charge >= 0.3 is 5.97 Å². The smallest absolute Gasteiger partial charge is 0.307 e. The molecule has 0 radical (unpaired) electrons. The number of hydrogen-bond donors (Lipinski definition) is 1. The van der Waals surface area contributed by atoms with Crippen LogP contribution >= 0.6 is 0 Å². The third-order valence-corrected chi connectivity index (χ3v) is 3.51. The summed E-state index contributed by atoms with van der Waals surface area (Å²) >= 11 is 0. The first-order valence-corrected chi connectivity index (χ1v) is 7.65. The van der Waals surface area contributed by atoms with Gasteiger partial charge in [-0.05, 0) is 45.4 Å². The molecule has 21 heavy (non-hydrogen) atoms. The Morgan fingerprint density at radius 2 is 1.86 bits per heavy atom. The molecular formula is C17H27NO3. The van der Waals surface area contributed by atoms with Crippen molar-refractivity contribution in [1.29, 1.82) is 0 Å². The maximum absolute atomic E-state index is 10.9. The maximum Gasteiger partial charge on any atom is 0.307 e. The van der Waals surface area contributed by atoms with Crippen molar-refractivity contribution in [3.63, 3.8) is 0 Å². The predicted octanol–water partition coefficient (Wildman–Crippen LogP) is 3.28. The highest BCUT2D eigenvalue weighted by atomic mass is 16.5. The van der Waals surface area contributed by atoms with Gasteiger partial charge in [-0.3, -0.25) is 4.79 Å². The van der Waals surface area contributed by atoms with Crippen LogP contribution in [0, 0.1) is 5.92 Å². The van der Waals surface area contributed by atoms with Crippen molar-refractivity contribution >= 4 is 5.97 Å². The number of carboxylic acid groups (broad SMARTS) is 1. The second-order valence-electron chi connectivity index (χ2n) is 5.70. The van der Waals surface area contributed by atoms with E-state index in [1.165, 1.54) is 0 Å². The Balaban J connectivity index is 2.23. The van der Waals surface area contributed by atoms with Crippen molar-refractivity contribution < 1.29 is 14.6 Å². The first-order valence-electron chi connectivity index (χ1n) is 7.65. The third-order valence-electron chi connectivity index (χ3n) is 3.51. The number of unbranched alkanes of at least 4 members (excludes halogenated alkanes) is 1. The van der Waals surface area contributed by atoms with Crippen molar-refractivity contribution in [3.8, 4) is 5.75 Å². The summed E-state index contributed by atoms with van der Waals surface area (Å²) in [6.45, 7) is 8.19. The summed E-state index contributed by atoms with van der Waals surface area (Å²) in [4.78, 5) is 13.2. The summed E-state index contributed by atoms with van der Waals surface area (Å²) in [6.07, 6.45) is 1.98. The lowest BCUT2D eigenvalue weighted by Gasteiger charge is -2.28. The van der Waals surface area contributed by atoms with Crippen LogP contribution in [0.2, 0.25) is 0 Å². The molecule has 0 aliphatic rings. The number of carbonyl (C=O) groups is 1. The van der Waals surface area contributed by atoms with Crippen LogP contribution in [0.25, 0.3) is 0 Å². The van der Waals surface area contributed by atoms with E-state index >= 15 is 0 Å². The van der Waals surface area contributed by atoms with Gasteiger partial charge in [0.25, 0.3) is 0 Å². The summed E-state index contributed by atoms with van der Waals surface area (Å²) in [5.41, 5.74) is 0. The number of rotatable bonds is 10. The molecule has 0 heterocycles. The van der Waals surface area contributed by atoms with E-state index in [-0.39, 0.29) is 5.92 Å². The highest BCUT2D eigenvalue weighted by Gasteiger charge is 2.17. The van der Waals surface area contributed by atoms with Crippen molar-refractivity contribution in [3.05, 3.63) is 30.3 Å². The molecule has 0 saturated heterocycles. The van der Waals surface area contributed by atoms with Gasteiger partial charge in [0, 0.05) is 12.6 Å². The topological polar surface area (TPSA) is 49.8 Å². The van der Waals surface area contributed by atoms with Crippen LogP contribution in [0.3, 0.4) is 0 Å². The minimum absolute atomic E-state index is 0.326. The second-order valence-corrected chi connectivity index (χ2v) is 5.70. The number of aliphatic carboxylic acids is 1. The van der Waals surface area contributed by atoms with Crippen LogP contribution in [0.15, 0.2) is 30.3 Å². The van der Waals surface area contributed by atoms with Gasteiger partial charge in [-0.25, -0.2) is 0 Å². The van der Waals surface area contributed by atoms with Crippen molar-refractivity contribution in [1.82, 2.24) is 4.90 Å². The Morgan fingerprint density at radius 1 is 1.19 bits per heavy atom. The highest BCUT2D eigenvalue weighted by Crippen LogP contribution is 2.10. The van der Waals surface area contributed by atoms with E-state index in [0.29, 0.717) is 19.2 Å². The van der Waals surface area contributed by atoms with E-state index in [4.69, 9.17) is 9.84 Å². The summed E-state index contributed by atoms with van der Waals surface area (Å²) in [7, 11) is 0. The molecule has 1 aromatic carbocycles. The maximum atomic E-state index is 10.9. The van der Waals surface area contributed by atoms with E-state index in [2.05, 4.69) is 18.7 Å². The van der Waals surface area contributed by atoms with Crippen molar-refractivity contribution in [2.45, 2.75) is 39.7 Å². The molecule has 0 aromatic heterocycles. The molecule has 0 fully saturated rings. The number of benzene rings is 1. The largest absolute Gasteiger partial charge is 0.494 e. The average Bonchev–Trinajstić information content (AvgIpc) is 2.46. The first-order chi connectivity index (χ1) is 10.0. The molecule has 1 aromatic rings. The molecule has 1 unspecified atom stereocenters. The molecule has 1 atom stereocenters. The minimum atomic E-state index is -0.729. The molecule has 1 rings (SSSR count). The lowest BCUT2D eigenvalue weighted by molar-refractivity contribution is -0.141. The lowest BCUT2D eigenvalue weighted by Crippen LogP contribution is -2.37. The van der Waals surface area contributed by atoms with E-state index < -0.39 is 5.97 Å². The number of para-hydroxylation sites is 1. The lowest BCUT2D eigenvalue weighted by atomic mass is 10.1. The monoisotopic (exact) mass is 293 g/mol. The molecule has 0 aliphatic carbocycles. The molecule has 118 valence electrons. The fraction of sp³-hybridized carbons (Fsp3) is 0.588. The van der Waals surface area contributed by atoms with Crippen molar-refractivity contribution in [2.24, 2.45) is 5.92 Å². The molecular weight excluding hydrogens is 266 g/mol. The summed E-state index contributed by atoms with van der Waals surface area (Å²) in [5, 5.41) is 9.00. The molecule has 1 N–H and O–H groups in total. The van der Waals surface area contributed by atoms with Crippen LogP contribution in [0.4, 0.5) is 0 Å². The fourth-order valence-corrected chi connectivity index (χ4v) is 2.11. The average molecular weight is 293 g/mol. The van der Waals surface area contributed by atoms with Gasteiger partial charge in [0.15, 0.2) is 0 Å². The summed E-state index contributed by atoms with van der Waals surface area (Å²) < 4.78 is 5.65. The normalized spacial score (nSPS) is 12.6. The number of carboxylic acids is 1. The predicted molar refractivity (Wildman–Crippen MR) is 84.7 cm³/mol. The van der Waals surface area contributed by atoms with Gasteiger partial charge in [-0.2, -0.15) is 0 Å². The highest BCUT2D eigenvalue weighted by molar-refractivity contribution is 5.69. The SMILES string of the molecule is CC(CN(CCCCOc1ccccc1)C(C)C)C(=O)O.